The maximum absolute atomic E-state index is 11.6. The third kappa shape index (κ3) is 3.38. The molecule has 3 heterocycles. The molecule has 0 aromatic carbocycles. The fourth-order valence-corrected chi connectivity index (χ4v) is 4.27. The Labute approximate surface area is 129 Å². The van der Waals surface area contributed by atoms with Crippen molar-refractivity contribution in [3.05, 3.63) is 36.5 Å². The van der Waals surface area contributed by atoms with Crippen LogP contribution in [0.3, 0.4) is 0 Å². The van der Waals surface area contributed by atoms with Crippen molar-refractivity contribution in [3.8, 4) is 0 Å². The number of hydrogen-bond acceptors (Lipinski definition) is 7. The first-order chi connectivity index (χ1) is 10.5. The largest absolute Gasteiger partial charge is 0.467 e. The Morgan fingerprint density at radius 2 is 2.32 bits per heavy atom. The van der Waals surface area contributed by atoms with Gasteiger partial charge in [0.05, 0.1) is 24.3 Å². The zero-order chi connectivity index (χ0) is 15.6. The van der Waals surface area contributed by atoms with Gasteiger partial charge in [-0.25, -0.2) is 18.4 Å². The molecule has 1 N–H and O–H groups in total. The van der Waals surface area contributed by atoms with E-state index in [1.54, 1.807) is 6.26 Å². The molecule has 1 fully saturated rings. The Kier molecular flexibility index (Phi) is 4.02. The maximum atomic E-state index is 11.6. The molecule has 2 aromatic heterocycles. The predicted molar refractivity (Wildman–Crippen MR) is 83.5 cm³/mol. The first-order valence-electron chi connectivity index (χ1n) is 7.05. The lowest BCUT2D eigenvalue weighted by Crippen LogP contribution is -2.33. The minimum absolute atomic E-state index is 0.0298. The molecule has 118 valence electrons. The smallest absolute Gasteiger partial charge is 0.152 e. The highest BCUT2D eigenvalue weighted by Crippen LogP contribution is 2.22. The van der Waals surface area contributed by atoms with Gasteiger partial charge in [-0.1, -0.05) is 0 Å². The van der Waals surface area contributed by atoms with Crippen LogP contribution in [0.15, 0.2) is 35.2 Å². The maximum Gasteiger partial charge on any atom is 0.152 e. The van der Waals surface area contributed by atoms with Crippen LogP contribution in [0.5, 0.6) is 0 Å². The van der Waals surface area contributed by atoms with Crippen LogP contribution in [0.25, 0.3) is 0 Å². The van der Waals surface area contributed by atoms with Crippen molar-refractivity contribution in [2.75, 3.05) is 28.8 Å². The number of rotatable bonds is 5. The highest BCUT2D eigenvalue weighted by atomic mass is 32.2. The SMILES string of the molecule is CN(c1cc(NCc2ccco2)ncn1)C1CCS(=O)(=O)C1. The summed E-state index contributed by atoms with van der Waals surface area (Å²) in [6.07, 6.45) is 3.73. The molecule has 0 saturated carbocycles. The molecule has 1 atom stereocenters. The minimum Gasteiger partial charge on any atom is -0.467 e. The number of anilines is 2. The standard InChI is InChI=1S/C14H18N4O3S/c1-18(11-4-6-22(19,20)9-11)14-7-13(16-10-17-14)15-8-12-3-2-5-21-12/h2-3,5,7,10-11H,4,6,8-9H2,1H3,(H,15,16,17). The van der Waals surface area contributed by atoms with E-state index in [0.717, 1.165) is 5.76 Å². The molecule has 7 nitrogen and oxygen atoms in total. The van der Waals surface area contributed by atoms with Crippen LogP contribution < -0.4 is 10.2 Å². The molecule has 0 aliphatic carbocycles. The summed E-state index contributed by atoms with van der Waals surface area (Å²) in [5.74, 6) is 2.63. The van der Waals surface area contributed by atoms with Gasteiger partial charge in [0.25, 0.3) is 0 Å². The van der Waals surface area contributed by atoms with Gasteiger partial charge in [0, 0.05) is 19.2 Å². The van der Waals surface area contributed by atoms with Crippen molar-refractivity contribution in [2.45, 2.75) is 19.0 Å². The second-order valence-electron chi connectivity index (χ2n) is 5.36. The second kappa shape index (κ2) is 5.96. The molecule has 3 rings (SSSR count). The normalized spacial score (nSPS) is 20.0. The fraction of sp³-hybridized carbons (Fsp3) is 0.429. The van der Waals surface area contributed by atoms with Crippen LogP contribution in [0.4, 0.5) is 11.6 Å². The van der Waals surface area contributed by atoms with E-state index in [4.69, 9.17) is 4.42 Å². The number of nitrogens with zero attached hydrogens (tertiary/aromatic N) is 3. The third-order valence-corrected chi connectivity index (χ3v) is 5.54. The number of nitrogens with one attached hydrogen (secondary N) is 1. The van der Waals surface area contributed by atoms with Crippen LogP contribution >= 0.6 is 0 Å². The summed E-state index contributed by atoms with van der Waals surface area (Å²) in [7, 11) is -1.05. The van der Waals surface area contributed by atoms with Crippen LogP contribution in [0.1, 0.15) is 12.2 Å². The van der Waals surface area contributed by atoms with E-state index in [1.165, 1.54) is 6.33 Å². The van der Waals surface area contributed by atoms with Gasteiger partial charge < -0.3 is 14.6 Å². The van der Waals surface area contributed by atoms with Crippen molar-refractivity contribution in [3.63, 3.8) is 0 Å². The molecule has 1 aliphatic heterocycles. The van der Waals surface area contributed by atoms with E-state index in [0.29, 0.717) is 24.6 Å². The zero-order valence-electron chi connectivity index (χ0n) is 12.3. The zero-order valence-corrected chi connectivity index (χ0v) is 13.1. The first-order valence-corrected chi connectivity index (χ1v) is 8.87. The Bertz CT molecular complexity index is 730. The topological polar surface area (TPSA) is 88.3 Å². The molecular formula is C14H18N4O3S. The quantitative estimate of drug-likeness (QED) is 0.887. The van der Waals surface area contributed by atoms with E-state index < -0.39 is 9.84 Å². The van der Waals surface area contributed by atoms with E-state index in [1.807, 2.05) is 30.1 Å². The summed E-state index contributed by atoms with van der Waals surface area (Å²) in [6.45, 7) is 0.533. The number of hydrogen-bond donors (Lipinski definition) is 1. The van der Waals surface area contributed by atoms with Gasteiger partial charge in [0.2, 0.25) is 0 Å². The number of aromatic nitrogens is 2. The van der Waals surface area contributed by atoms with Gasteiger partial charge in [0.15, 0.2) is 9.84 Å². The molecule has 0 radical (unpaired) electrons. The highest BCUT2D eigenvalue weighted by Gasteiger charge is 2.31. The lowest BCUT2D eigenvalue weighted by Gasteiger charge is -2.24. The van der Waals surface area contributed by atoms with Crippen LogP contribution in [0.2, 0.25) is 0 Å². The fourth-order valence-electron chi connectivity index (χ4n) is 2.50. The molecule has 0 spiro atoms. The lowest BCUT2D eigenvalue weighted by atomic mass is 10.2. The molecule has 22 heavy (non-hydrogen) atoms. The molecule has 0 amide bonds. The highest BCUT2D eigenvalue weighted by molar-refractivity contribution is 7.91. The average Bonchev–Trinajstić information content (AvgIpc) is 3.14. The summed E-state index contributed by atoms with van der Waals surface area (Å²) in [5, 5.41) is 3.16. The predicted octanol–water partition coefficient (Wildman–Crippen LogP) is 1.30. The van der Waals surface area contributed by atoms with Crippen molar-refractivity contribution in [1.29, 1.82) is 0 Å². The number of sulfone groups is 1. The first kappa shape index (κ1) is 14.8. The Hall–Kier alpha value is -2.09. The summed E-state index contributed by atoms with van der Waals surface area (Å²) in [5.41, 5.74) is 0. The molecule has 0 bridgehead atoms. The van der Waals surface area contributed by atoms with Crippen LogP contribution in [-0.2, 0) is 16.4 Å². The van der Waals surface area contributed by atoms with Gasteiger partial charge in [0.1, 0.15) is 23.7 Å². The number of furan rings is 1. The molecule has 1 saturated heterocycles. The van der Waals surface area contributed by atoms with Crippen molar-refractivity contribution in [1.82, 2.24) is 9.97 Å². The minimum atomic E-state index is -2.91. The van der Waals surface area contributed by atoms with Gasteiger partial charge in [-0.2, -0.15) is 0 Å². The second-order valence-corrected chi connectivity index (χ2v) is 7.59. The van der Waals surface area contributed by atoms with Crippen molar-refractivity contribution in [2.24, 2.45) is 0 Å². The summed E-state index contributed by atoms with van der Waals surface area (Å²) in [4.78, 5) is 10.3. The van der Waals surface area contributed by atoms with E-state index in [2.05, 4.69) is 15.3 Å². The summed E-state index contributed by atoms with van der Waals surface area (Å²) < 4.78 is 28.4. The van der Waals surface area contributed by atoms with Gasteiger partial charge in [-0.05, 0) is 18.6 Å². The van der Waals surface area contributed by atoms with Gasteiger partial charge >= 0.3 is 0 Å². The molecule has 8 heteroatoms. The Morgan fingerprint density at radius 1 is 1.45 bits per heavy atom. The molecule has 2 aromatic rings. The molecule has 1 aliphatic rings. The van der Waals surface area contributed by atoms with Crippen LogP contribution in [0, 0.1) is 0 Å². The van der Waals surface area contributed by atoms with E-state index in [9.17, 15) is 8.42 Å². The van der Waals surface area contributed by atoms with Gasteiger partial charge in [-0.3, -0.25) is 0 Å². The summed E-state index contributed by atoms with van der Waals surface area (Å²) in [6, 6.07) is 5.49. The molecular weight excluding hydrogens is 304 g/mol. The van der Waals surface area contributed by atoms with E-state index >= 15 is 0 Å². The van der Waals surface area contributed by atoms with Crippen molar-refractivity contribution >= 4 is 21.5 Å². The third-order valence-electron chi connectivity index (χ3n) is 3.79. The van der Waals surface area contributed by atoms with Gasteiger partial charge in [-0.15, -0.1) is 0 Å². The lowest BCUT2D eigenvalue weighted by molar-refractivity contribution is 0.518. The Morgan fingerprint density at radius 3 is 3.00 bits per heavy atom. The molecule has 1 unspecified atom stereocenters. The average molecular weight is 322 g/mol. The monoisotopic (exact) mass is 322 g/mol. The van der Waals surface area contributed by atoms with Crippen molar-refractivity contribution < 1.29 is 12.8 Å². The van der Waals surface area contributed by atoms with E-state index in [-0.39, 0.29) is 17.5 Å². The summed E-state index contributed by atoms with van der Waals surface area (Å²) >= 11 is 0. The van der Waals surface area contributed by atoms with Crippen LogP contribution in [-0.4, -0.2) is 43.0 Å². The Balaban J connectivity index is 1.68.